The van der Waals surface area contributed by atoms with Gasteiger partial charge in [0.1, 0.15) is 0 Å². The first-order chi connectivity index (χ1) is 13.3. The highest BCUT2D eigenvalue weighted by Crippen LogP contribution is 2.44. The van der Waals surface area contributed by atoms with Crippen molar-refractivity contribution in [3.8, 4) is 0 Å². The summed E-state index contributed by atoms with van der Waals surface area (Å²) < 4.78 is 0. The number of halogens is 2. The van der Waals surface area contributed by atoms with Crippen molar-refractivity contribution in [2.24, 2.45) is 0 Å². The van der Waals surface area contributed by atoms with Crippen LogP contribution in [0.15, 0.2) is 42.5 Å². The van der Waals surface area contributed by atoms with Crippen molar-refractivity contribution in [2.45, 2.75) is 38.8 Å². The number of amides is 1. The van der Waals surface area contributed by atoms with Gasteiger partial charge in [-0.2, -0.15) is 0 Å². The molecule has 0 bridgehead atoms. The van der Waals surface area contributed by atoms with Crippen LogP contribution in [0.1, 0.15) is 38.8 Å². The smallest absolute Gasteiger partial charge is 0.254 e. The first-order valence-corrected chi connectivity index (χ1v) is 10.4. The van der Waals surface area contributed by atoms with Crippen LogP contribution in [-0.4, -0.2) is 36.0 Å². The molecule has 2 N–H and O–H groups in total. The monoisotopic (exact) mass is 419 g/mol. The van der Waals surface area contributed by atoms with Crippen LogP contribution < -0.4 is 10.6 Å². The van der Waals surface area contributed by atoms with E-state index in [2.05, 4.69) is 43.2 Å². The predicted octanol–water partition coefficient (Wildman–Crippen LogP) is 4.90. The summed E-state index contributed by atoms with van der Waals surface area (Å²) in [5.41, 5.74) is 1.03. The van der Waals surface area contributed by atoms with Crippen molar-refractivity contribution in [1.82, 2.24) is 10.2 Å². The van der Waals surface area contributed by atoms with E-state index in [-0.39, 0.29) is 11.4 Å². The standard InChI is InChI=1S/C22H27Cl2N3O/c1-5-27(6-2)21(3,4)14-25-22(16-9-7-8-10-18(16)24)17-13-15(23)11-12-19(17)26-20(22)28/h7-13,25H,5-6,14H2,1-4H3,(H,26,28). The molecule has 0 aromatic heterocycles. The van der Waals surface area contributed by atoms with Gasteiger partial charge < -0.3 is 5.32 Å². The van der Waals surface area contributed by atoms with Gasteiger partial charge in [0.25, 0.3) is 5.91 Å². The third kappa shape index (κ3) is 3.55. The highest BCUT2D eigenvalue weighted by molar-refractivity contribution is 6.32. The fraction of sp³-hybridized carbons (Fsp3) is 0.409. The molecular formula is C22H27Cl2N3O. The van der Waals surface area contributed by atoms with E-state index in [9.17, 15) is 4.79 Å². The molecule has 2 aromatic carbocycles. The topological polar surface area (TPSA) is 44.4 Å². The number of carbonyl (C=O) groups is 1. The Kier molecular flexibility index (Phi) is 6.06. The number of benzene rings is 2. The number of hydrogen-bond donors (Lipinski definition) is 2. The Balaban J connectivity index is 2.12. The van der Waals surface area contributed by atoms with E-state index in [1.54, 1.807) is 6.07 Å². The van der Waals surface area contributed by atoms with E-state index in [4.69, 9.17) is 23.2 Å². The Morgan fingerprint density at radius 3 is 2.39 bits per heavy atom. The molecule has 1 aliphatic rings. The van der Waals surface area contributed by atoms with Crippen LogP contribution in [0.5, 0.6) is 0 Å². The molecule has 3 rings (SSSR count). The Labute approximate surface area is 177 Å². The van der Waals surface area contributed by atoms with Gasteiger partial charge in [0.15, 0.2) is 5.54 Å². The summed E-state index contributed by atoms with van der Waals surface area (Å²) >= 11 is 12.9. The number of hydrogen-bond acceptors (Lipinski definition) is 3. The van der Waals surface area contributed by atoms with Gasteiger partial charge in [-0.15, -0.1) is 0 Å². The minimum atomic E-state index is -1.09. The van der Waals surface area contributed by atoms with E-state index >= 15 is 0 Å². The third-order valence-corrected chi connectivity index (χ3v) is 6.22. The lowest BCUT2D eigenvalue weighted by atomic mass is 9.82. The van der Waals surface area contributed by atoms with Gasteiger partial charge in [-0.3, -0.25) is 15.0 Å². The molecule has 0 spiro atoms. The zero-order valence-electron chi connectivity index (χ0n) is 16.8. The molecule has 1 aliphatic heterocycles. The molecule has 0 aliphatic carbocycles. The summed E-state index contributed by atoms with van der Waals surface area (Å²) in [7, 11) is 0. The molecule has 1 amide bonds. The zero-order chi connectivity index (χ0) is 20.5. The highest BCUT2D eigenvalue weighted by atomic mass is 35.5. The molecule has 0 saturated heterocycles. The van der Waals surface area contributed by atoms with E-state index < -0.39 is 5.54 Å². The molecule has 28 heavy (non-hydrogen) atoms. The fourth-order valence-electron chi connectivity index (χ4n) is 4.12. The second-order valence-corrected chi connectivity index (χ2v) is 8.56. The van der Waals surface area contributed by atoms with Crippen LogP contribution in [-0.2, 0) is 10.3 Å². The molecule has 0 saturated carbocycles. The quantitative estimate of drug-likeness (QED) is 0.670. The fourth-order valence-corrected chi connectivity index (χ4v) is 4.57. The zero-order valence-corrected chi connectivity index (χ0v) is 18.3. The number of carbonyl (C=O) groups excluding carboxylic acids is 1. The Hall–Kier alpha value is -1.59. The van der Waals surface area contributed by atoms with Crippen LogP contribution in [0, 0.1) is 0 Å². The van der Waals surface area contributed by atoms with Crippen LogP contribution in [0.2, 0.25) is 10.0 Å². The molecule has 1 atom stereocenters. The molecular weight excluding hydrogens is 393 g/mol. The van der Waals surface area contributed by atoms with Crippen molar-refractivity contribution in [3.05, 3.63) is 63.6 Å². The maximum Gasteiger partial charge on any atom is 0.254 e. The molecule has 1 unspecified atom stereocenters. The van der Waals surface area contributed by atoms with E-state index in [1.165, 1.54) is 0 Å². The van der Waals surface area contributed by atoms with Crippen molar-refractivity contribution >= 4 is 34.8 Å². The summed E-state index contributed by atoms with van der Waals surface area (Å²) in [5, 5.41) is 7.70. The van der Waals surface area contributed by atoms with Gasteiger partial charge >= 0.3 is 0 Å². The largest absolute Gasteiger partial charge is 0.324 e. The molecule has 2 aromatic rings. The third-order valence-electron chi connectivity index (χ3n) is 5.66. The second kappa shape index (κ2) is 8.03. The van der Waals surface area contributed by atoms with Gasteiger partial charge in [0, 0.05) is 38.9 Å². The van der Waals surface area contributed by atoms with Crippen molar-refractivity contribution in [3.63, 3.8) is 0 Å². The minimum Gasteiger partial charge on any atom is -0.324 e. The highest BCUT2D eigenvalue weighted by Gasteiger charge is 2.50. The van der Waals surface area contributed by atoms with E-state index in [0.29, 0.717) is 16.6 Å². The molecule has 150 valence electrons. The van der Waals surface area contributed by atoms with Crippen molar-refractivity contribution in [2.75, 3.05) is 25.0 Å². The van der Waals surface area contributed by atoms with Crippen LogP contribution in [0.3, 0.4) is 0 Å². The summed E-state index contributed by atoms with van der Waals surface area (Å²) in [5.74, 6) is -0.145. The average Bonchev–Trinajstić information content (AvgIpc) is 2.93. The number of likely N-dealkylation sites (N-methyl/N-ethyl adjacent to an activating group) is 1. The molecule has 6 heteroatoms. The molecule has 0 radical (unpaired) electrons. The lowest BCUT2D eigenvalue weighted by Gasteiger charge is -2.41. The number of nitrogens with zero attached hydrogens (tertiary/aromatic N) is 1. The van der Waals surface area contributed by atoms with Crippen LogP contribution in [0.25, 0.3) is 0 Å². The van der Waals surface area contributed by atoms with E-state index in [1.807, 2.05) is 36.4 Å². The van der Waals surface area contributed by atoms with Gasteiger partial charge in [-0.25, -0.2) is 0 Å². The van der Waals surface area contributed by atoms with Crippen LogP contribution >= 0.6 is 23.2 Å². The number of nitrogens with one attached hydrogen (secondary N) is 2. The lowest BCUT2D eigenvalue weighted by molar-refractivity contribution is -0.120. The predicted molar refractivity (Wildman–Crippen MR) is 117 cm³/mol. The Bertz CT molecular complexity index is 880. The van der Waals surface area contributed by atoms with Gasteiger partial charge in [-0.1, -0.05) is 55.2 Å². The molecule has 0 fully saturated rings. The average molecular weight is 420 g/mol. The number of rotatable bonds is 7. The summed E-state index contributed by atoms with van der Waals surface area (Å²) in [4.78, 5) is 15.7. The summed E-state index contributed by atoms with van der Waals surface area (Å²) in [6.45, 7) is 11.1. The molecule has 1 heterocycles. The van der Waals surface area contributed by atoms with Gasteiger partial charge in [0.05, 0.1) is 0 Å². The molecule has 4 nitrogen and oxygen atoms in total. The summed E-state index contributed by atoms with van der Waals surface area (Å²) in [6, 6.07) is 12.9. The maximum absolute atomic E-state index is 13.4. The number of fused-ring (bicyclic) bond motifs is 1. The van der Waals surface area contributed by atoms with Gasteiger partial charge in [0.2, 0.25) is 0 Å². The lowest BCUT2D eigenvalue weighted by Crippen LogP contribution is -2.57. The van der Waals surface area contributed by atoms with Gasteiger partial charge in [-0.05, 0) is 51.2 Å². The van der Waals surface area contributed by atoms with Crippen molar-refractivity contribution in [1.29, 1.82) is 0 Å². The summed E-state index contributed by atoms with van der Waals surface area (Å²) in [6.07, 6.45) is 0. The van der Waals surface area contributed by atoms with E-state index in [0.717, 1.165) is 29.9 Å². The SMILES string of the molecule is CCN(CC)C(C)(C)CNC1(c2ccccc2Cl)C(=O)Nc2ccc(Cl)cc21. The maximum atomic E-state index is 13.4. The number of anilines is 1. The van der Waals surface area contributed by atoms with Crippen LogP contribution in [0.4, 0.5) is 5.69 Å². The Morgan fingerprint density at radius 1 is 1.07 bits per heavy atom. The first kappa shape index (κ1) is 21.1. The normalized spacial score (nSPS) is 19.0. The minimum absolute atomic E-state index is 0.145. The second-order valence-electron chi connectivity index (χ2n) is 7.71. The first-order valence-electron chi connectivity index (χ1n) is 9.62. The van der Waals surface area contributed by atoms with Crippen molar-refractivity contribution < 1.29 is 4.79 Å². The Morgan fingerprint density at radius 2 is 1.75 bits per heavy atom.